The van der Waals surface area contributed by atoms with Gasteiger partial charge in [0, 0.05) is 12.1 Å². The number of hydrazine groups is 1. The summed E-state index contributed by atoms with van der Waals surface area (Å²) in [5.41, 5.74) is 2.26. The lowest BCUT2D eigenvalue weighted by molar-refractivity contribution is -0.384. The van der Waals surface area contributed by atoms with Gasteiger partial charge in [-0.2, -0.15) is 0 Å². The maximum atomic E-state index is 12.0. The topological polar surface area (TPSA) is 110 Å². The minimum atomic E-state index is -0.574. The van der Waals surface area contributed by atoms with Gasteiger partial charge in [-0.15, -0.1) is 0 Å². The number of nitrogens with two attached hydrogens (primary N) is 1. The number of nitrogens with zero attached hydrogens (tertiary/aromatic N) is 1. The van der Waals surface area contributed by atoms with Crippen LogP contribution < -0.4 is 16.6 Å². The molecule has 7 nitrogen and oxygen atoms in total. The highest BCUT2D eigenvalue weighted by molar-refractivity contribution is 6.01. The zero-order chi connectivity index (χ0) is 13.1. The highest BCUT2D eigenvalue weighted by Crippen LogP contribution is 2.28. The lowest BCUT2D eigenvalue weighted by Crippen LogP contribution is -2.39. The Balaban J connectivity index is 2.28. The number of hydrogen-bond acceptors (Lipinski definition) is 5. The third kappa shape index (κ3) is 2.25. The summed E-state index contributed by atoms with van der Waals surface area (Å²) in [6.45, 7) is 0. The highest BCUT2D eigenvalue weighted by atomic mass is 16.6. The predicted molar refractivity (Wildman–Crippen MR) is 66.0 cm³/mol. The standard InChI is InChI=1S/C11H14N4O3/c12-14-10-8(5-2-6-9(10)15(17)18)11(16)13-7-3-1-4-7/h2,5-7,14H,1,3-4,12H2,(H,13,16). The predicted octanol–water partition coefficient (Wildman–Crippen LogP) is 1.16. The Morgan fingerprint density at radius 3 is 2.67 bits per heavy atom. The molecule has 0 aliphatic heterocycles. The molecule has 2 rings (SSSR count). The average Bonchev–Trinajstić information content (AvgIpc) is 2.32. The number of carbonyl (C=O) groups excluding carboxylic acids is 1. The molecule has 1 saturated carbocycles. The number of nitro benzene ring substituents is 1. The fourth-order valence-electron chi connectivity index (χ4n) is 1.85. The van der Waals surface area contributed by atoms with Gasteiger partial charge in [-0.25, -0.2) is 0 Å². The van der Waals surface area contributed by atoms with E-state index in [4.69, 9.17) is 5.84 Å². The number of carbonyl (C=O) groups is 1. The molecule has 7 heteroatoms. The molecule has 0 bridgehead atoms. The van der Waals surface area contributed by atoms with Crippen molar-refractivity contribution in [3.8, 4) is 0 Å². The van der Waals surface area contributed by atoms with Crippen LogP contribution in [-0.4, -0.2) is 16.9 Å². The number of para-hydroxylation sites is 1. The summed E-state index contributed by atoms with van der Waals surface area (Å²) >= 11 is 0. The number of hydrogen-bond donors (Lipinski definition) is 3. The lowest BCUT2D eigenvalue weighted by Gasteiger charge is -2.26. The molecule has 1 aliphatic rings. The van der Waals surface area contributed by atoms with Crippen LogP contribution in [0.25, 0.3) is 0 Å². The van der Waals surface area contributed by atoms with Crippen molar-refractivity contribution in [2.24, 2.45) is 5.84 Å². The normalized spacial score (nSPS) is 14.7. The zero-order valence-electron chi connectivity index (χ0n) is 9.68. The van der Waals surface area contributed by atoms with E-state index in [1.165, 1.54) is 18.2 Å². The quantitative estimate of drug-likeness (QED) is 0.422. The maximum absolute atomic E-state index is 12.0. The Bertz CT molecular complexity index is 485. The number of rotatable bonds is 4. The molecule has 0 saturated heterocycles. The van der Waals surface area contributed by atoms with Crippen LogP contribution in [0.3, 0.4) is 0 Å². The van der Waals surface area contributed by atoms with E-state index < -0.39 is 4.92 Å². The summed E-state index contributed by atoms with van der Waals surface area (Å²) in [4.78, 5) is 22.2. The third-order valence-electron chi connectivity index (χ3n) is 3.07. The van der Waals surface area contributed by atoms with Gasteiger partial charge in [-0.3, -0.25) is 20.8 Å². The maximum Gasteiger partial charge on any atom is 0.294 e. The molecule has 1 aromatic carbocycles. The molecule has 0 unspecified atom stereocenters. The van der Waals surface area contributed by atoms with Gasteiger partial charge in [0.2, 0.25) is 0 Å². The van der Waals surface area contributed by atoms with Crippen LogP contribution in [0.15, 0.2) is 18.2 Å². The van der Waals surface area contributed by atoms with E-state index in [-0.39, 0.29) is 28.9 Å². The van der Waals surface area contributed by atoms with Crippen LogP contribution in [0.1, 0.15) is 29.6 Å². The van der Waals surface area contributed by atoms with Gasteiger partial charge in [0.15, 0.2) is 0 Å². The van der Waals surface area contributed by atoms with Crippen molar-refractivity contribution in [1.82, 2.24) is 5.32 Å². The molecule has 1 aromatic rings. The molecule has 0 spiro atoms. The van der Waals surface area contributed by atoms with Crippen LogP contribution in [0, 0.1) is 10.1 Å². The van der Waals surface area contributed by atoms with E-state index in [1.54, 1.807) is 0 Å². The Labute approximate surface area is 103 Å². The molecule has 0 heterocycles. The summed E-state index contributed by atoms with van der Waals surface area (Å²) in [6, 6.07) is 4.45. The second-order valence-corrected chi connectivity index (χ2v) is 4.20. The Hall–Kier alpha value is -2.15. The van der Waals surface area contributed by atoms with Crippen molar-refractivity contribution < 1.29 is 9.72 Å². The van der Waals surface area contributed by atoms with Crippen molar-refractivity contribution in [3.05, 3.63) is 33.9 Å². The highest BCUT2D eigenvalue weighted by Gasteiger charge is 2.24. The summed E-state index contributed by atoms with van der Waals surface area (Å²) in [6.07, 6.45) is 3.00. The van der Waals surface area contributed by atoms with Crippen molar-refractivity contribution in [2.75, 3.05) is 5.43 Å². The van der Waals surface area contributed by atoms with E-state index in [1.807, 2.05) is 0 Å². The van der Waals surface area contributed by atoms with Crippen molar-refractivity contribution in [2.45, 2.75) is 25.3 Å². The van der Waals surface area contributed by atoms with Crippen LogP contribution in [-0.2, 0) is 0 Å². The van der Waals surface area contributed by atoms with E-state index in [2.05, 4.69) is 10.7 Å². The van der Waals surface area contributed by atoms with E-state index in [0.717, 1.165) is 19.3 Å². The Morgan fingerprint density at radius 2 is 2.17 bits per heavy atom. The Kier molecular flexibility index (Phi) is 3.42. The smallest absolute Gasteiger partial charge is 0.294 e. The number of amides is 1. The summed E-state index contributed by atoms with van der Waals surface area (Å²) in [5, 5.41) is 13.6. The van der Waals surface area contributed by atoms with E-state index >= 15 is 0 Å². The molecular formula is C11H14N4O3. The molecule has 0 atom stereocenters. The number of nitro groups is 1. The van der Waals surface area contributed by atoms with Gasteiger partial charge in [-0.1, -0.05) is 6.07 Å². The monoisotopic (exact) mass is 250 g/mol. The van der Waals surface area contributed by atoms with Crippen molar-refractivity contribution in [1.29, 1.82) is 0 Å². The van der Waals surface area contributed by atoms with E-state index in [9.17, 15) is 14.9 Å². The van der Waals surface area contributed by atoms with Crippen molar-refractivity contribution >= 4 is 17.3 Å². The summed E-state index contributed by atoms with van der Waals surface area (Å²) in [5.74, 6) is 4.93. The molecule has 1 amide bonds. The summed E-state index contributed by atoms with van der Waals surface area (Å²) in [7, 11) is 0. The average molecular weight is 250 g/mol. The molecule has 0 aromatic heterocycles. The van der Waals surface area contributed by atoms with Gasteiger partial charge in [0.25, 0.3) is 11.6 Å². The van der Waals surface area contributed by atoms with Crippen LogP contribution in [0.2, 0.25) is 0 Å². The first-order chi connectivity index (χ1) is 8.63. The van der Waals surface area contributed by atoms with Gasteiger partial charge >= 0.3 is 0 Å². The zero-order valence-corrected chi connectivity index (χ0v) is 9.68. The first-order valence-electron chi connectivity index (χ1n) is 5.68. The second-order valence-electron chi connectivity index (χ2n) is 4.20. The van der Waals surface area contributed by atoms with Crippen LogP contribution in [0.5, 0.6) is 0 Å². The minimum absolute atomic E-state index is 0.0410. The molecule has 0 radical (unpaired) electrons. The molecule has 18 heavy (non-hydrogen) atoms. The lowest BCUT2D eigenvalue weighted by atomic mass is 9.93. The molecular weight excluding hydrogens is 236 g/mol. The molecule has 1 fully saturated rings. The largest absolute Gasteiger partial charge is 0.349 e. The second kappa shape index (κ2) is 5.01. The molecule has 96 valence electrons. The van der Waals surface area contributed by atoms with Crippen molar-refractivity contribution in [3.63, 3.8) is 0 Å². The first kappa shape index (κ1) is 12.3. The van der Waals surface area contributed by atoms with Gasteiger partial charge in [0.1, 0.15) is 5.69 Å². The summed E-state index contributed by atoms with van der Waals surface area (Å²) < 4.78 is 0. The van der Waals surface area contributed by atoms with Crippen LogP contribution >= 0.6 is 0 Å². The molecule has 1 aliphatic carbocycles. The SMILES string of the molecule is NNc1c(C(=O)NC2CCC2)cccc1[N+](=O)[O-]. The fourth-order valence-corrected chi connectivity index (χ4v) is 1.85. The van der Waals surface area contributed by atoms with Gasteiger partial charge in [-0.05, 0) is 25.3 Å². The number of nitrogens with one attached hydrogen (secondary N) is 2. The van der Waals surface area contributed by atoms with Gasteiger partial charge < -0.3 is 10.7 Å². The first-order valence-corrected chi connectivity index (χ1v) is 5.68. The fraction of sp³-hybridized carbons (Fsp3) is 0.364. The molecule has 4 N–H and O–H groups in total. The number of nitrogen functional groups attached to an aromatic ring is 1. The van der Waals surface area contributed by atoms with Gasteiger partial charge in [0.05, 0.1) is 10.5 Å². The number of benzene rings is 1. The van der Waals surface area contributed by atoms with Crippen LogP contribution in [0.4, 0.5) is 11.4 Å². The number of anilines is 1. The Morgan fingerprint density at radius 1 is 1.44 bits per heavy atom. The minimum Gasteiger partial charge on any atom is -0.349 e. The van der Waals surface area contributed by atoms with E-state index in [0.29, 0.717) is 0 Å². The third-order valence-corrected chi connectivity index (χ3v) is 3.07.